The molecule has 4 heteroatoms. The maximum absolute atomic E-state index is 11.9. The first-order valence-electron chi connectivity index (χ1n) is 11.2. The fourth-order valence-electron chi connectivity index (χ4n) is 5.70. The van der Waals surface area contributed by atoms with Gasteiger partial charge in [0.1, 0.15) is 0 Å². The molecular weight excluding hydrogens is 336 g/mol. The zero-order chi connectivity index (χ0) is 20.2. The summed E-state index contributed by atoms with van der Waals surface area (Å²) in [6.07, 6.45) is 10.5. The van der Waals surface area contributed by atoms with Crippen LogP contribution in [0.4, 0.5) is 4.79 Å². The van der Waals surface area contributed by atoms with Gasteiger partial charge >= 0.3 is 6.03 Å². The van der Waals surface area contributed by atoms with Crippen molar-refractivity contribution in [3.8, 4) is 0 Å². The highest BCUT2D eigenvalue weighted by molar-refractivity contribution is 5.73. The summed E-state index contributed by atoms with van der Waals surface area (Å²) >= 11 is 0. The van der Waals surface area contributed by atoms with E-state index in [-0.39, 0.29) is 12.1 Å². The molecule has 0 aliphatic heterocycles. The van der Waals surface area contributed by atoms with Crippen molar-refractivity contribution in [3.05, 3.63) is 0 Å². The maximum atomic E-state index is 11.9. The summed E-state index contributed by atoms with van der Waals surface area (Å²) in [5.41, 5.74) is 0.320. The van der Waals surface area contributed by atoms with Crippen LogP contribution in [0.2, 0.25) is 0 Å². The lowest BCUT2D eigenvalue weighted by atomic mass is 9.69. The van der Waals surface area contributed by atoms with Crippen molar-refractivity contribution in [2.45, 2.75) is 97.6 Å². The van der Waals surface area contributed by atoms with Crippen molar-refractivity contribution in [2.75, 3.05) is 14.1 Å². The standard InChI is InChI=1S/C23H44N2O2/c1-16(2)11-19-9-7-18(13-21(19)26)15-23(3,4)14-17-8-10-20(12-17)24-22(27)25(5)6/h16-21,26H,7-15H2,1-6H3,(H,24,27). The number of urea groups is 1. The zero-order valence-corrected chi connectivity index (χ0v) is 18.6. The van der Waals surface area contributed by atoms with E-state index in [4.69, 9.17) is 0 Å². The average Bonchev–Trinajstić information content (AvgIpc) is 2.95. The number of carbonyl (C=O) groups excluding carboxylic acids is 1. The number of amides is 2. The molecule has 0 saturated heterocycles. The minimum absolute atomic E-state index is 0.0343. The van der Waals surface area contributed by atoms with Crippen LogP contribution in [-0.4, -0.2) is 42.3 Å². The van der Waals surface area contributed by atoms with Gasteiger partial charge in [0, 0.05) is 20.1 Å². The lowest BCUT2D eigenvalue weighted by molar-refractivity contribution is 0.0218. The number of carbonyl (C=O) groups is 1. The predicted molar refractivity (Wildman–Crippen MR) is 113 cm³/mol. The normalized spacial score (nSPS) is 31.9. The topological polar surface area (TPSA) is 52.6 Å². The van der Waals surface area contributed by atoms with Crippen molar-refractivity contribution in [3.63, 3.8) is 0 Å². The molecule has 0 spiro atoms. The molecule has 2 aliphatic carbocycles. The Labute approximate surface area is 167 Å². The van der Waals surface area contributed by atoms with Gasteiger partial charge in [-0.15, -0.1) is 0 Å². The van der Waals surface area contributed by atoms with Crippen LogP contribution < -0.4 is 5.32 Å². The average molecular weight is 381 g/mol. The third-order valence-electron chi connectivity index (χ3n) is 6.80. The van der Waals surface area contributed by atoms with Crippen LogP contribution in [0.5, 0.6) is 0 Å². The number of hydrogen-bond donors (Lipinski definition) is 2. The first-order chi connectivity index (χ1) is 12.6. The monoisotopic (exact) mass is 380 g/mol. The maximum Gasteiger partial charge on any atom is 0.317 e. The number of hydrogen-bond acceptors (Lipinski definition) is 2. The molecule has 0 heterocycles. The van der Waals surface area contributed by atoms with Crippen molar-refractivity contribution < 1.29 is 9.90 Å². The molecule has 0 aromatic rings. The lowest BCUT2D eigenvalue weighted by Crippen LogP contribution is -2.40. The second-order valence-electron chi connectivity index (χ2n) is 10.9. The highest BCUT2D eigenvalue weighted by Crippen LogP contribution is 2.43. The molecule has 158 valence electrons. The molecule has 2 rings (SSSR count). The molecule has 0 aromatic heterocycles. The summed E-state index contributed by atoms with van der Waals surface area (Å²) in [6.45, 7) is 9.34. The van der Waals surface area contributed by atoms with Crippen LogP contribution in [0, 0.1) is 29.1 Å². The van der Waals surface area contributed by atoms with Gasteiger partial charge in [0.15, 0.2) is 0 Å². The van der Waals surface area contributed by atoms with E-state index in [0.29, 0.717) is 29.2 Å². The van der Waals surface area contributed by atoms with E-state index < -0.39 is 0 Å². The van der Waals surface area contributed by atoms with Gasteiger partial charge in [-0.3, -0.25) is 0 Å². The van der Waals surface area contributed by atoms with E-state index in [1.807, 2.05) is 0 Å². The van der Waals surface area contributed by atoms with Gasteiger partial charge in [-0.05, 0) is 86.9 Å². The number of aliphatic hydroxyl groups is 1. The third kappa shape index (κ3) is 7.29. The first kappa shape index (κ1) is 22.5. The molecule has 0 aromatic carbocycles. The Morgan fingerprint density at radius 1 is 1.07 bits per heavy atom. The van der Waals surface area contributed by atoms with Crippen LogP contribution in [0.1, 0.15) is 85.5 Å². The van der Waals surface area contributed by atoms with Crippen molar-refractivity contribution in [1.82, 2.24) is 10.2 Å². The Hall–Kier alpha value is -0.770. The van der Waals surface area contributed by atoms with Crippen molar-refractivity contribution >= 4 is 6.03 Å². The minimum atomic E-state index is -0.0981. The Bertz CT molecular complexity index is 475. The summed E-state index contributed by atoms with van der Waals surface area (Å²) < 4.78 is 0. The fraction of sp³-hybridized carbons (Fsp3) is 0.957. The van der Waals surface area contributed by atoms with Gasteiger partial charge in [-0.1, -0.05) is 27.7 Å². The quantitative estimate of drug-likeness (QED) is 0.649. The highest BCUT2D eigenvalue weighted by atomic mass is 16.3. The molecule has 4 nitrogen and oxygen atoms in total. The molecular formula is C23H44N2O2. The summed E-state index contributed by atoms with van der Waals surface area (Å²) in [6, 6.07) is 0.376. The SMILES string of the molecule is CC(C)CC1CCC(CC(C)(C)CC2CCC(NC(=O)N(C)C)C2)CC1O. The van der Waals surface area contributed by atoms with E-state index in [2.05, 4.69) is 33.0 Å². The van der Waals surface area contributed by atoms with Crippen LogP contribution in [-0.2, 0) is 0 Å². The second kappa shape index (κ2) is 9.62. The number of nitrogens with zero attached hydrogens (tertiary/aromatic N) is 1. The minimum Gasteiger partial charge on any atom is -0.393 e. The molecule has 2 N–H and O–H groups in total. The Morgan fingerprint density at radius 3 is 2.22 bits per heavy atom. The Balaban J connectivity index is 1.76. The molecule has 5 unspecified atom stereocenters. The van der Waals surface area contributed by atoms with Gasteiger partial charge < -0.3 is 15.3 Å². The van der Waals surface area contributed by atoms with Crippen LogP contribution in [0.25, 0.3) is 0 Å². The van der Waals surface area contributed by atoms with Crippen molar-refractivity contribution in [2.24, 2.45) is 29.1 Å². The second-order valence-corrected chi connectivity index (χ2v) is 10.9. The van der Waals surface area contributed by atoms with E-state index in [0.717, 1.165) is 25.2 Å². The van der Waals surface area contributed by atoms with Gasteiger partial charge in [0.2, 0.25) is 0 Å². The summed E-state index contributed by atoms with van der Waals surface area (Å²) in [4.78, 5) is 13.5. The number of nitrogens with one attached hydrogen (secondary N) is 1. The number of rotatable bonds is 7. The molecule has 0 radical (unpaired) electrons. The van der Waals surface area contributed by atoms with Crippen LogP contribution >= 0.6 is 0 Å². The van der Waals surface area contributed by atoms with Gasteiger partial charge in [0.05, 0.1) is 6.10 Å². The third-order valence-corrected chi connectivity index (χ3v) is 6.80. The van der Waals surface area contributed by atoms with E-state index in [1.54, 1.807) is 19.0 Å². The molecule has 2 saturated carbocycles. The Kier molecular flexibility index (Phi) is 8.03. The van der Waals surface area contributed by atoms with E-state index in [1.165, 1.54) is 38.5 Å². The molecule has 2 aliphatic rings. The summed E-state index contributed by atoms with van der Waals surface area (Å²) in [5.74, 6) is 2.58. The summed E-state index contributed by atoms with van der Waals surface area (Å²) in [7, 11) is 3.60. The first-order valence-corrected chi connectivity index (χ1v) is 11.2. The molecule has 0 bridgehead atoms. The van der Waals surface area contributed by atoms with Crippen LogP contribution in [0.3, 0.4) is 0 Å². The van der Waals surface area contributed by atoms with Gasteiger partial charge in [-0.25, -0.2) is 4.79 Å². The number of aliphatic hydroxyl groups excluding tert-OH is 1. The van der Waals surface area contributed by atoms with Crippen molar-refractivity contribution in [1.29, 1.82) is 0 Å². The summed E-state index contributed by atoms with van der Waals surface area (Å²) in [5, 5.41) is 13.7. The van der Waals surface area contributed by atoms with Gasteiger partial charge in [-0.2, -0.15) is 0 Å². The van der Waals surface area contributed by atoms with Gasteiger partial charge in [0.25, 0.3) is 0 Å². The zero-order valence-electron chi connectivity index (χ0n) is 18.6. The van der Waals surface area contributed by atoms with Crippen LogP contribution in [0.15, 0.2) is 0 Å². The smallest absolute Gasteiger partial charge is 0.317 e. The molecule has 2 fully saturated rings. The molecule has 2 amide bonds. The van der Waals surface area contributed by atoms with E-state index >= 15 is 0 Å². The largest absolute Gasteiger partial charge is 0.393 e. The highest BCUT2D eigenvalue weighted by Gasteiger charge is 2.35. The molecule has 27 heavy (non-hydrogen) atoms. The Morgan fingerprint density at radius 2 is 1.67 bits per heavy atom. The lowest BCUT2D eigenvalue weighted by Gasteiger charge is -2.38. The predicted octanol–water partition coefficient (Wildman–Crippen LogP) is 5.06. The van der Waals surface area contributed by atoms with E-state index in [9.17, 15) is 9.90 Å². The fourth-order valence-corrected chi connectivity index (χ4v) is 5.70. The molecule has 5 atom stereocenters.